The topological polar surface area (TPSA) is 47.6 Å². The molecule has 0 aliphatic carbocycles. The maximum Gasteiger partial charge on any atom is 0.255 e. The van der Waals surface area contributed by atoms with Crippen LogP contribution in [0.5, 0.6) is 11.5 Å². The molecule has 0 fully saturated rings. The Hall–Kier alpha value is -1.76. The Bertz CT molecular complexity index is 743. The average Bonchev–Trinajstić information content (AvgIpc) is 2.52. The Kier molecular flexibility index (Phi) is 4.24. The number of benzene rings is 2. The number of halogens is 1. The molecule has 0 bridgehead atoms. The van der Waals surface area contributed by atoms with Gasteiger partial charge >= 0.3 is 0 Å². The number of ether oxygens (including phenoxy) is 2. The van der Waals surface area contributed by atoms with E-state index in [0.717, 1.165) is 16.8 Å². The molecule has 1 amide bonds. The van der Waals surface area contributed by atoms with Crippen molar-refractivity contribution in [3.05, 3.63) is 50.6 Å². The molecule has 1 aliphatic rings. The van der Waals surface area contributed by atoms with Crippen molar-refractivity contribution in [2.75, 3.05) is 18.5 Å². The fourth-order valence-corrected chi connectivity index (χ4v) is 2.92. The van der Waals surface area contributed by atoms with Gasteiger partial charge in [-0.1, -0.05) is 0 Å². The highest BCUT2D eigenvalue weighted by atomic mass is 127. The molecule has 2 aromatic rings. The second-order valence-electron chi connectivity index (χ2n) is 5.23. The van der Waals surface area contributed by atoms with Crippen LogP contribution < -0.4 is 14.8 Å². The Morgan fingerprint density at radius 1 is 1.05 bits per heavy atom. The summed E-state index contributed by atoms with van der Waals surface area (Å²) in [4.78, 5) is 12.4. The molecule has 5 heteroatoms. The molecule has 0 spiro atoms. The molecular formula is C17H16INO3. The van der Waals surface area contributed by atoms with E-state index >= 15 is 0 Å². The first-order valence-electron chi connectivity index (χ1n) is 7.02. The normalized spacial score (nSPS) is 12.9. The molecule has 4 nitrogen and oxygen atoms in total. The van der Waals surface area contributed by atoms with Crippen molar-refractivity contribution in [3.63, 3.8) is 0 Å². The maximum atomic E-state index is 12.4. The van der Waals surface area contributed by atoms with Crippen molar-refractivity contribution in [1.82, 2.24) is 0 Å². The van der Waals surface area contributed by atoms with Gasteiger partial charge in [-0.3, -0.25) is 4.79 Å². The zero-order chi connectivity index (χ0) is 15.7. The van der Waals surface area contributed by atoms with Gasteiger partial charge < -0.3 is 14.8 Å². The van der Waals surface area contributed by atoms with Crippen molar-refractivity contribution in [2.45, 2.75) is 13.8 Å². The predicted molar refractivity (Wildman–Crippen MR) is 94.0 cm³/mol. The number of hydrogen-bond acceptors (Lipinski definition) is 3. The highest BCUT2D eigenvalue weighted by Gasteiger charge is 2.15. The van der Waals surface area contributed by atoms with Gasteiger partial charge in [0.25, 0.3) is 5.91 Å². The number of rotatable bonds is 2. The van der Waals surface area contributed by atoms with Gasteiger partial charge in [-0.2, -0.15) is 0 Å². The molecule has 0 saturated carbocycles. The molecular weight excluding hydrogens is 393 g/mol. The van der Waals surface area contributed by atoms with E-state index in [1.54, 1.807) is 18.2 Å². The molecule has 2 aromatic carbocycles. The Morgan fingerprint density at radius 3 is 2.55 bits per heavy atom. The number of fused-ring (bicyclic) bond motifs is 1. The fourth-order valence-electron chi connectivity index (χ4n) is 2.29. The van der Waals surface area contributed by atoms with E-state index in [2.05, 4.69) is 34.0 Å². The second kappa shape index (κ2) is 6.16. The molecule has 0 atom stereocenters. The quantitative estimate of drug-likeness (QED) is 0.765. The molecule has 22 heavy (non-hydrogen) atoms. The minimum atomic E-state index is -0.152. The van der Waals surface area contributed by atoms with Crippen LogP contribution in [0.3, 0.4) is 0 Å². The standard InChI is InChI=1S/C17H16INO3/c1-10-8-14(11(2)7-13(10)18)19-17(20)12-3-4-15-16(9-12)22-6-5-21-15/h3-4,7-9H,5-6H2,1-2H3,(H,19,20). The lowest BCUT2D eigenvalue weighted by Gasteiger charge is -2.19. The van der Waals surface area contributed by atoms with Gasteiger partial charge in [0.15, 0.2) is 11.5 Å². The molecule has 0 saturated heterocycles. The van der Waals surface area contributed by atoms with Gasteiger partial charge in [-0.15, -0.1) is 0 Å². The monoisotopic (exact) mass is 409 g/mol. The van der Waals surface area contributed by atoms with Crippen molar-refractivity contribution in [2.24, 2.45) is 0 Å². The van der Waals surface area contributed by atoms with E-state index in [1.165, 1.54) is 3.57 Å². The van der Waals surface area contributed by atoms with E-state index in [1.807, 2.05) is 19.9 Å². The van der Waals surface area contributed by atoms with Gasteiger partial charge in [0, 0.05) is 14.8 Å². The van der Waals surface area contributed by atoms with E-state index < -0.39 is 0 Å². The summed E-state index contributed by atoms with van der Waals surface area (Å²) in [6.45, 7) is 5.06. The van der Waals surface area contributed by atoms with E-state index in [0.29, 0.717) is 30.3 Å². The smallest absolute Gasteiger partial charge is 0.255 e. The summed E-state index contributed by atoms with van der Waals surface area (Å²) in [5.41, 5.74) is 3.57. The van der Waals surface area contributed by atoms with Crippen LogP contribution >= 0.6 is 22.6 Å². The van der Waals surface area contributed by atoms with Gasteiger partial charge in [-0.05, 0) is 77.9 Å². The summed E-state index contributed by atoms with van der Waals surface area (Å²) in [7, 11) is 0. The molecule has 1 N–H and O–H groups in total. The molecule has 114 valence electrons. The SMILES string of the molecule is Cc1cc(NC(=O)c2ccc3c(c2)OCCO3)c(C)cc1I. The van der Waals surface area contributed by atoms with Crippen molar-refractivity contribution < 1.29 is 14.3 Å². The number of amides is 1. The van der Waals surface area contributed by atoms with Crippen LogP contribution in [0, 0.1) is 17.4 Å². The summed E-state index contributed by atoms with van der Waals surface area (Å²) < 4.78 is 12.2. The molecule has 1 heterocycles. The first kappa shape index (κ1) is 15.1. The van der Waals surface area contributed by atoms with Crippen LogP contribution in [0.15, 0.2) is 30.3 Å². The van der Waals surface area contributed by atoms with E-state index in [-0.39, 0.29) is 5.91 Å². The molecule has 3 rings (SSSR count). The zero-order valence-electron chi connectivity index (χ0n) is 12.4. The number of carbonyl (C=O) groups excluding carboxylic acids is 1. The van der Waals surface area contributed by atoms with Gasteiger partial charge in [0.05, 0.1) is 0 Å². The van der Waals surface area contributed by atoms with E-state index in [9.17, 15) is 4.79 Å². The minimum Gasteiger partial charge on any atom is -0.486 e. The van der Waals surface area contributed by atoms with Gasteiger partial charge in [-0.25, -0.2) is 0 Å². The zero-order valence-corrected chi connectivity index (χ0v) is 14.6. The predicted octanol–water partition coefficient (Wildman–Crippen LogP) is 3.93. The van der Waals surface area contributed by atoms with Crippen LogP contribution in [0.2, 0.25) is 0 Å². The van der Waals surface area contributed by atoms with Gasteiger partial charge in [0.1, 0.15) is 13.2 Å². The maximum absolute atomic E-state index is 12.4. The van der Waals surface area contributed by atoms with Crippen LogP contribution in [0.4, 0.5) is 5.69 Å². The summed E-state index contributed by atoms with van der Waals surface area (Å²) in [6, 6.07) is 9.30. The van der Waals surface area contributed by atoms with Crippen LogP contribution in [-0.2, 0) is 0 Å². The lowest BCUT2D eigenvalue weighted by atomic mass is 10.1. The van der Waals surface area contributed by atoms with Crippen LogP contribution in [-0.4, -0.2) is 19.1 Å². The van der Waals surface area contributed by atoms with Crippen molar-refractivity contribution >= 4 is 34.2 Å². The fraction of sp³-hybridized carbons (Fsp3) is 0.235. The Labute approximate surface area is 143 Å². The van der Waals surface area contributed by atoms with Crippen LogP contribution in [0.1, 0.15) is 21.5 Å². The summed E-state index contributed by atoms with van der Waals surface area (Å²) in [5, 5.41) is 2.96. The van der Waals surface area contributed by atoms with Gasteiger partial charge in [0.2, 0.25) is 0 Å². The second-order valence-corrected chi connectivity index (χ2v) is 6.39. The lowest BCUT2D eigenvalue weighted by molar-refractivity contribution is 0.102. The first-order valence-corrected chi connectivity index (χ1v) is 8.10. The summed E-state index contributed by atoms with van der Waals surface area (Å²) in [5.74, 6) is 1.15. The first-order chi connectivity index (χ1) is 10.5. The van der Waals surface area contributed by atoms with Crippen molar-refractivity contribution in [3.8, 4) is 11.5 Å². The molecule has 0 aromatic heterocycles. The number of hydrogen-bond donors (Lipinski definition) is 1. The number of carbonyl (C=O) groups is 1. The third kappa shape index (κ3) is 3.04. The third-order valence-corrected chi connectivity index (χ3v) is 4.72. The average molecular weight is 409 g/mol. The molecule has 1 aliphatic heterocycles. The van der Waals surface area contributed by atoms with Crippen molar-refractivity contribution in [1.29, 1.82) is 0 Å². The number of aryl methyl sites for hydroxylation is 2. The van der Waals surface area contributed by atoms with Crippen LogP contribution in [0.25, 0.3) is 0 Å². The highest BCUT2D eigenvalue weighted by molar-refractivity contribution is 14.1. The minimum absolute atomic E-state index is 0.152. The number of anilines is 1. The number of nitrogens with one attached hydrogen (secondary N) is 1. The summed E-state index contributed by atoms with van der Waals surface area (Å²) in [6.07, 6.45) is 0. The largest absolute Gasteiger partial charge is 0.486 e. The molecule has 0 radical (unpaired) electrons. The Balaban J connectivity index is 1.84. The molecule has 0 unspecified atom stereocenters. The Morgan fingerprint density at radius 2 is 1.77 bits per heavy atom. The summed E-state index contributed by atoms with van der Waals surface area (Å²) >= 11 is 2.29. The van der Waals surface area contributed by atoms with E-state index in [4.69, 9.17) is 9.47 Å². The lowest BCUT2D eigenvalue weighted by Crippen LogP contribution is -2.17. The highest BCUT2D eigenvalue weighted by Crippen LogP contribution is 2.31. The third-order valence-electron chi connectivity index (χ3n) is 3.56.